The lowest BCUT2D eigenvalue weighted by molar-refractivity contribution is 0.0488. The van der Waals surface area contributed by atoms with Crippen molar-refractivity contribution in [2.24, 2.45) is 0 Å². The number of carbonyl (C=O) groups excluding carboxylic acids is 1. The Morgan fingerprint density at radius 3 is 2.44 bits per heavy atom. The third-order valence-electron chi connectivity index (χ3n) is 5.20. The van der Waals surface area contributed by atoms with Crippen LogP contribution in [0.3, 0.4) is 0 Å². The van der Waals surface area contributed by atoms with Gasteiger partial charge in [-0.3, -0.25) is 0 Å². The molecular weight excluding hydrogens is 409 g/mol. The molecule has 3 N–H and O–H groups in total. The van der Waals surface area contributed by atoms with Gasteiger partial charge in [0.1, 0.15) is 11.7 Å². The van der Waals surface area contributed by atoms with Crippen LogP contribution in [0, 0.1) is 24.1 Å². The van der Waals surface area contributed by atoms with E-state index in [1.54, 1.807) is 0 Å². The highest BCUT2D eigenvalue weighted by Gasteiger charge is 2.29. The van der Waals surface area contributed by atoms with Crippen molar-refractivity contribution in [1.29, 1.82) is 5.26 Å². The molecule has 2 aromatic rings. The normalized spacial score (nSPS) is 18.4. The number of halogens is 1. The Balaban J connectivity index is 1.79. The minimum atomic E-state index is -0.613. The Kier molecular flexibility index (Phi) is 7.18. The van der Waals surface area contributed by atoms with Gasteiger partial charge in [0.05, 0.1) is 11.6 Å². The van der Waals surface area contributed by atoms with E-state index in [1.165, 1.54) is 6.07 Å². The molecule has 3 rings (SSSR count). The Morgan fingerprint density at radius 1 is 1.16 bits per heavy atom. The fourth-order valence-corrected chi connectivity index (χ4v) is 3.66. The van der Waals surface area contributed by atoms with Gasteiger partial charge in [0, 0.05) is 11.7 Å². The smallest absolute Gasteiger partial charge is 0.407 e. The molecule has 7 nitrogen and oxygen atoms in total. The lowest BCUT2D eigenvalue weighted by atomic mass is 9.90. The van der Waals surface area contributed by atoms with Gasteiger partial charge in [-0.1, -0.05) is 30.5 Å². The van der Waals surface area contributed by atoms with Gasteiger partial charge in [-0.25, -0.2) is 14.2 Å². The number of carbonyl (C=O) groups is 1. The first kappa shape index (κ1) is 23.3. The summed E-state index contributed by atoms with van der Waals surface area (Å²) < 4.78 is 20.1. The van der Waals surface area contributed by atoms with E-state index in [0.717, 1.165) is 36.9 Å². The van der Waals surface area contributed by atoms with E-state index in [9.17, 15) is 14.4 Å². The number of amides is 1. The number of nitriles is 1. The van der Waals surface area contributed by atoms with Gasteiger partial charge in [0.15, 0.2) is 17.5 Å². The topological polar surface area (TPSA) is 99.1 Å². The molecule has 1 aliphatic rings. The molecule has 1 amide bonds. The summed E-state index contributed by atoms with van der Waals surface area (Å²) in [7, 11) is 0. The van der Waals surface area contributed by atoms with Crippen molar-refractivity contribution in [2.45, 2.75) is 71.1 Å². The maximum Gasteiger partial charge on any atom is 0.407 e. The van der Waals surface area contributed by atoms with Crippen LogP contribution in [0.25, 0.3) is 0 Å². The molecular formula is C24H30FN5O2. The standard InChI is InChI=1S/C24H30FN5O2/c1-15-9-11-17(12-10-15)27-21-16(14-26)13-18(25)22(30-21)28-19-7-5-6-8-20(19)29-23(31)32-24(2,3)4/h9-13,19-20H,5-8H2,1-4H3,(H,29,31)(H2,27,28,30)/t19-,20+/m1/s1. The number of nitrogens with one attached hydrogen (secondary N) is 3. The number of pyridine rings is 1. The average Bonchev–Trinajstić information content (AvgIpc) is 2.71. The number of rotatable bonds is 5. The van der Waals surface area contributed by atoms with Gasteiger partial charge in [0.2, 0.25) is 0 Å². The predicted molar refractivity (Wildman–Crippen MR) is 122 cm³/mol. The fourth-order valence-electron chi connectivity index (χ4n) is 3.66. The third kappa shape index (κ3) is 6.33. The van der Waals surface area contributed by atoms with Crippen molar-refractivity contribution in [1.82, 2.24) is 10.3 Å². The minimum Gasteiger partial charge on any atom is -0.444 e. The van der Waals surface area contributed by atoms with Crippen LogP contribution in [-0.2, 0) is 4.74 Å². The van der Waals surface area contributed by atoms with E-state index in [4.69, 9.17) is 4.74 Å². The average molecular weight is 440 g/mol. The lowest BCUT2D eigenvalue weighted by Gasteiger charge is -2.33. The number of alkyl carbamates (subject to hydrolysis) is 1. The van der Waals surface area contributed by atoms with Crippen molar-refractivity contribution < 1.29 is 13.9 Å². The molecule has 0 bridgehead atoms. The molecule has 2 atom stereocenters. The summed E-state index contributed by atoms with van der Waals surface area (Å²) in [5.74, 6) is -0.299. The predicted octanol–water partition coefficient (Wildman–Crippen LogP) is 5.39. The SMILES string of the molecule is Cc1ccc(Nc2nc(N[C@@H]3CCCC[C@@H]3NC(=O)OC(C)(C)C)c(F)cc2C#N)cc1. The molecule has 0 saturated heterocycles. The Labute approximate surface area is 188 Å². The van der Waals surface area contributed by atoms with Gasteiger partial charge < -0.3 is 20.7 Å². The van der Waals surface area contributed by atoms with Crippen molar-refractivity contribution >= 4 is 23.4 Å². The van der Waals surface area contributed by atoms with Crippen molar-refractivity contribution in [2.75, 3.05) is 10.6 Å². The van der Waals surface area contributed by atoms with E-state index in [1.807, 2.05) is 58.0 Å². The van der Waals surface area contributed by atoms with Crippen LogP contribution < -0.4 is 16.0 Å². The van der Waals surface area contributed by atoms with Crippen molar-refractivity contribution in [3.05, 3.63) is 47.3 Å². The van der Waals surface area contributed by atoms with Crippen LogP contribution in [0.1, 0.15) is 57.6 Å². The van der Waals surface area contributed by atoms with Crippen LogP contribution in [0.15, 0.2) is 30.3 Å². The molecule has 1 aromatic carbocycles. The highest BCUT2D eigenvalue weighted by molar-refractivity contribution is 5.68. The van der Waals surface area contributed by atoms with E-state index < -0.39 is 17.5 Å². The molecule has 8 heteroatoms. The van der Waals surface area contributed by atoms with Gasteiger partial charge in [-0.05, 0) is 58.7 Å². The van der Waals surface area contributed by atoms with Crippen molar-refractivity contribution in [3.8, 4) is 6.07 Å². The molecule has 170 valence electrons. The molecule has 0 radical (unpaired) electrons. The maximum atomic E-state index is 14.8. The number of aryl methyl sites for hydroxylation is 1. The number of aromatic nitrogens is 1. The maximum absolute atomic E-state index is 14.8. The second kappa shape index (κ2) is 9.86. The monoisotopic (exact) mass is 439 g/mol. The Bertz CT molecular complexity index is 995. The van der Waals surface area contributed by atoms with Crippen molar-refractivity contribution in [3.63, 3.8) is 0 Å². The molecule has 1 aliphatic carbocycles. The summed E-state index contributed by atoms with van der Waals surface area (Å²) in [6, 6.07) is 10.3. The largest absolute Gasteiger partial charge is 0.444 e. The molecule has 0 unspecified atom stereocenters. The number of ether oxygens (including phenoxy) is 1. The highest BCUT2D eigenvalue weighted by atomic mass is 19.1. The van der Waals surface area contributed by atoms with E-state index in [2.05, 4.69) is 20.9 Å². The fraction of sp³-hybridized carbons (Fsp3) is 0.458. The zero-order valence-electron chi connectivity index (χ0n) is 19.0. The number of nitrogens with zero attached hydrogens (tertiary/aromatic N) is 2. The highest BCUT2D eigenvalue weighted by Crippen LogP contribution is 2.27. The molecule has 1 aromatic heterocycles. The lowest BCUT2D eigenvalue weighted by Crippen LogP contribution is -2.50. The van der Waals surface area contributed by atoms with Gasteiger partial charge in [-0.15, -0.1) is 0 Å². The molecule has 1 fully saturated rings. The second-order valence-corrected chi connectivity index (χ2v) is 9.11. The van der Waals surface area contributed by atoms with Crippen LogP contribution in [-0.4, -0.2) is 28.8 Å². The first-order valence-corrected chi connectivity index (χ1v) is 10.8. The van der Waals surface area contributed by atoms with E-state index in [0.29, 0.717) is 0 Å². The molecule has 1 saturated carbocycles. The number of hydrogen-bond acceptors (Lipinski definition) is 6. The minimum absolute atomic E-state index is 0.0431. The summed E-state index contributed by atoms with van der Waals surface area (Å²) in [4.78, 5) is 16.6. The van der Waals surface area contributed by atoms with Gasteiger partial charge in [0.25, 0.3) is 0 Å². The third-order valence-corrected chi connectivity index (χ3v) is 5.20. The zero-order valence-corrected chi connectivity index (χ0v) is 19.0. The van der Waals surface area contributed by atoms with Crippen LogP contribution in [0.5, 0.6) is 0 Å². The molecule has 32 heavy (non-hydrogen) atoms. The number of benzene rings is 1. The quantitative estimate of drug-likeness (QED) is 0.577. The zero-order chi connectivity index (χ0) is 23.3. The summed E-state index contributed by atoms with van der Waals surface area (Å²) >= 11 is 0. The van der Waals surface area contributed by atoms with E-state index in [-0.39, 0.29) is 29.3 Å². The second-order valence-electron chi connectivity index (χ2n) is 9.11. The molecule has 1 heterocycles. The van der Waals surface area contributed by atoms with Crippen LogP contribution >= 0.6 is 0 Å². The van der Waals surface area contributed by atoms with Gasteiger partial charge in [-0.2, -0.15) is 5.26 Å². The Morgan fingerprint density at radius 2 is 1.81 bits per heavy atom. The summed E-state index contributed by atoms with van der Waals surface area (Å²) in [5, 5.41) is 18.6. The Hall–Kier alpha value is -3.34. The van der Waals surface area contributed by atoms with Crippen LogP contribution in [0.4, 0.5) is 26.5 Å². The first-order valence-electron chi connectivity index (χ1n) is 10.8. The van der Waals surface area contributed by atoms with Gasteiger partial charge >= 0.3 is 6.09 Å². The van der Waals surface area contributed by atoms with Crippen LogP contribution in [0.2, 0.25) is 0 Å². The summed E-state index contributed by atoms with van der Waals surface area (Å²) in [5.41, 5.74) is 1.37. The number of anilines is 3. The first-order chi connectivity index (χ1) is 15.1. The van der Waals surface area contributed by atoms with E-state index >= 15 is 0 Å². The summed E-state index contributed by atoms with van der Waals surface area (Å²) in [6.45, 7) is 7.40. The summed E-state index contributed by atoms with van der Waals surface area (Å²) in [6.07, 6.45) is 2.93. The molecule has 0 spiro atoms. The number of hydrogen-bond donors (Lipinski definition) is 3. The molecule has 0 aliphatic heterocycles.